The standard InChI is InChI=1S/C18H22O4/c1-17-7-4-8-18(2,16(20)21)15(17)10-14(19)12-6-5-11(22-3)9-13(12)17/h5-6,9,15H,4,7-8,10H2,1-3H3,(H,20,21)/t15-,17-,18+/m1/s1. The maximum atomic E-state index is 12.6. The van der Waals surface area contributed by atoms with Gasteiger partial charge < -0.3 is 9.84 Å². The molecule has 0 aromatic heterocycles. The molecular weight excluding hydrogens is 280 g/mol. The van der Waals surface area contributed by atoms with E-state index in [1.165, 1.54) is 0 Å². The highest BCUT2D eigenvalue weighted by molar-refractivity contribution is 6.00. The molecule has 1 fully saturated rings. The summed E-state index contributed by atoms with van der Waals surface area (Å²) in [5.74, 6) is -0.188. The van der Waals surface area contributed by atoms with Crippen LogP contribution >= 0.6 is 0 Å². The molecule has 4 heteroatoms. The number of methoxy groups -OCH3 is 1. The Labute approximate surface area is 130 Å². The molecule has 1 aromatic rings. The summed E-state index contributed by atoms with van der Waals surface area (Å²) in [6, 6.07) is 5.55. The van der Waals surface area contributed by atoms with Crippen LogP contribution in [0.5, 0.6) is 5.75 Å². The van der Waals surface area contributed by atoms with Crippen LogP contribution in [-0.4, -0.2) is 24.0 Å². The van der Waals surface area contributed by atoms with Gasteiger partial charge in [0.15, 0.2) is 5.78 Å². The van der Waals surface area contributed by atoms with Crippen molar-refractivity contribution in [2.75, 3.05) is 7.11 Å². The average molecular weight is 302 g/mol. The average Bonchev–Trinajstić information content (AvgIpc) is 2.49. The van der Waals surface area contributed by atoms with E-state index in [4.69, 9.17) is 4.74 Å². The number of rotatable bonds is 2. The molecule has 118 valence electrons. The Hall–Kier alpha value is -1.84. The maximum Gasteiger partial charge on any atom is 0.309 e. The third-order valence-electron chi connectivity index (χ3n) is 5.95. The van der Waals surface area contributed by atoms with Gasteiger partial charge in [-0.1, -0.05) is 13.3 Å². The zero-order valence-corrected chi connectivity index (χ0v) is 13.3. The van der Waals surface area contributed by atoms with Crippen molar-refractivity contribution < 1.29 is 19.4 Å². The van der Waals surface area contributed by atoms with E-state index in [0.29, 0.717) is 12.8 Å². The third kappa shape index (κ3) is 1.89. The van der Waals surface area contributed by atoms with Crippen molar-refractivity contribution in [2.45, 2.75) is 44.9 Å². The second kappa shape index (κ2) is 4.83. The fourth-order valence-corrected chi connectivity index (χ4v) is 4.56. The third-order valence-corrected chi connectivity index (χ3v) is 5.95. The Balaban J connectivity index is 2.19. The maximum absolute atomic E-state index is 12.6. The lowest BCUT2D eigenvalue weighted by atomic mass is 9.49. The van der Waals surface area contributed by atoms with Gasteiger partial charge in [-0.3, -0.25) is 9.59 Å². The number of carboxylic acid groups (broad SMARTS) is 1. The van der Waals surface area contributed by atoms with Crippen LogP contribution in [-0.2, 0) is 10.2 Å². The molecule has 0 saturated heterocycles. The number of carbonyl (C=O) groups excluding carboxylic acids is 1. The lowest BCUT2D eigenvalue weighted by Gasteiger charge is -2.53. The van der Waals surface area contributed by atoms with Crippen LogP contribution in [0.1, 0.15) is 55.5 Å². The van der Waals surface area contributed by atoms with Crippen LogP contribution in [0.25, 0.3) is 0 Å². The fraction of sp³-hybridized carbons (Fsp3) is 0.556. The van der Waals surface area contributed by atoms with Gasteiger partial charge in [0.2, 0.25) is 0 Å². The van der Waals surface area contributed by atoms with Crippen molar-refractivity contribution in [2.24, 2.45) is 11.3 Å². The Morgan fingerprint density at radius 2 is 2.05 bits per heavy atom. The number of hydrogen-bond acceptors (Lipinski definition) is 3. The predicted octanol–water partition coefficient (Wildman–Crippen LogP) is 3.43. The molecule has 22 heavy (non-hydrogen) atoms. The number of benzene rings is 1. The van der Waals surface area contributed by atoms with E-state index in [0.717, 1.165) is 29.7 Å². The number of carbonyl (C=O) groups is 2. The van der Waals surface area contributed by atoms with Gasteiger partial charge in [-0.05, 0) is 54.9 Å². The number of Topliss-reactive ketones (excluding diaryl/α,β-unsaturated/α-hetero) is 1. The summed E-state index contributed by atoms with van der Waals surface area (Å²) in [7, 11) is 1.61. The summed E-state index contributed by atoms with van der Waals surface area (Å²) >= 11 is 0. The fourth-order valence-electron chi connectivity index (χ4n) is 4.56. The van der Waals surface area contributed by atoms with Gasteiger partial charge in [0.1, 0.15) is 5.75 Å². The Morgan fingerprint density at radius 3 is 2.68 bits per heavy atom. The van der Waals surface area contributed by atoms with Gasteiger partial charge in [0.05, 0.1) is 12.5 Å². The zero-order chi connectivity index (χ0) is 16.1. The molecule has 3 atom stereocenters. The molecular formula is C18H22O4. The smallest absolute Gasteiger partial charge is 0.309 e. The van der Waals surface area contributed by atoms with Gasteiger partial charge in [0.25, 0.3) is 0 Å². The predicted molar refractivity (Wildman–Crippen MR) is 82.4 cm³/mol. The summed E-state index contributed by atoms with van der Waals surface area (Å²) in [4.78, 5) is 24.4. The van der Waals surface area contributed by atoms with Crippen LogP contribution in [0.4, 0.5) is 0 Å². The highest BCUT2D eigenvalue weighted by atomic mass is 16.5. The summed E-state index contributed by atoms with van der Waals surface area (Å²) in [5, 5.41) is 9.75. The normalized spacial score (nSPS) is 33.8. The van der Waals surface area contributed by atoms with E-state index in [-0.39, 0.29) is 17.1 Å². The molecule has 0 unspecified atom stereocenters. The van der Waals surface area contributed by atoms with Crippen molar-refractivity contribution in [3.05, 3.63) is 29.3 Å². The van der Waals surface area contributed by atoms with Crippen molar-refractivity contribution in [3.8, 4) is 5.75 Å². The van der Waals surface area contributed by atoms with Crippen molar-refractivity contribution >= 4 is 11.8 Å². The van der Waals surface area contributed by atoms with Crippen molar-refractivity contribution in [1.82, 2.24) is 0 Å². The van der Waals surface area contributed by atoms with E-state index in [2.05, 4.69) is 6.92 Å². The minimum atomic E-state index is -0.844. The van der Waals surface area contributed by atoms with Gasteiger partial charge in [-0.2, -0.15) is 0 Å². The minimum Gasteiger partial charge on any atom is -0.497 e. The topological polar surface area (TPSA) is 63.6 Å². The molecule has 2 aliphatic rings. The molecule has 1 saturated carbocycles. The number of aliphatic carboxylic acids is 1. The van der Waals surface area contributed by atoms with Gasteiger partial charge in [-0.25, -0.2) is 0 Å². The molecule has 4 nitrogen and oxygen atoms in total. The molecule has 0 bridgehead atoms. The number of fused-ring (bicyclic) bond motifs is 3. The molecule has 0 spiro atoms. The molecule has 1 N–H and O–H groups in total. The largest absolute Gasteiger partial charge is 0.497 e. The molecule has 0 amide bonds. The van der Waals surface area contributed by atoms with Gasteiger partial charge in [-0.15, -0.1) is 0 Å². The Morgan fingerprint density at radius 1 is 1.32 bits per heavy atom. The van der Waals surface area contributed by atoms with E-state index in [1.54, 1.807) is 20.1 Å². The quantitative estimate of drug-likeness (QED) is 0.909. The van der Waals surface area contributed by atoms with Crippen molar-refractivity contribution in [3.63, 3.8) is 0 Å². The van der Waals surface area contributed by atoms with E-state index >= 15 is 0 Å². The summed E-state index contributed by atoms with van der Waals surface area (Å²) in [6.07, 6.45) is 2.72. The van der Waals surface area contributed by atoms with E-state index in [9.17, 15) is 14.7 Å². The lowest BCUT2D eigenvalue weighted by Crippen LogP contribution is -2.53. The first-order valence-corrected chi connectivity index (χ1v) is 7.78. The van der Waals surface area contributed by atoms with Gasteiger partial charge >= 0.3 is 5.97 Å². The molecule has 0 heterocycles. The zero-order valence-electron chi connectivity index (χ0n) is 13.3. The second-order valence-corrected chi connectivity index (χ2v) is 7.09. The van der Waals surface area contributed by atoms with E-state index in [1.807, 2.05) is 12.1 Å². The second-order valence-electron chi connectivity index (χ2n) is 7.09. The molecule has 2 aliphatic carbocycles. The molecule has 3 rings (SSSR count). The first-order valence-electron chi connectivity index (χ1n) is 7.78. The molecule has 0 radical (unpaired) electrons. The monoisotopic (exact) mass is 302 g/mol. The van der Waals surface area contributed by atoms with E-state index < -0.39 is 11.4 Å². The number of ketones is 1. The molecule has 0 aliphatic heterocycles. The highest BCUT2D eigenvalue weighted by Gasteiger charge is 2.56. The van der Waals surface area contributed by atoms with Gasteiger partial charge in [0, 0.05) is 12.0 Å². The summed E-state index contributed by atoms with van der Waals surface area (Å²) < 4.78 is 5.31. The van der Waals surface area contributed by atoms with Crippen LogP contribution in [0.2, 0.25) is 0 Å². The minimum absolute atomic E-state index is 0.0505. The summed E-state index contributed by atoms with van der Waals surface area (Å²) in [5.41, 5.74) is 0.557. The lowest BCUT2D eigenvalue weighted by molar-refractivity contribution is -0.156. The SMILES string of the molecule is COc1ccc2c(c1)[C@@]1(C)CCC[C@](C)(C(=O)O)[C@@H]1CC2=O. The Kier molecular flexibility index (Phi) is 3.31. The first-order chi connectivity index (χ1) is 10.3. The van der Waals surface area contributed by atoms with Crippen LogP contribution < -0.4 is 4.74 Å². The van der Waals surface area contributed by atoms with Crippen molar-refractivity contribution in [1.29, 1.82) is 0 Å². The summed E-state index contributed by atoms with van der Waals surface area (Å²) in [6.45, 7) is 3.92. The number of hydrogen-bond donors (Lipinski definition) is 1. The van der Waals surface area contributed by atoms with Crippen LogP contribution in [0.15, 0.2) is 18.2 Å². The van der Waals surface area contributed by atoms with Crippen LogP contribution in [0.3, 0.4) is 0 Å². The molecule has 1 aromatic carbocycles. The number of carboxylic acids is 1. The van der Waals surface area contributed by atoms with Crippen LogP contribution in [0, 0.1) is 11.3 Å². The highest BCUT2D eigenvalue weighted by Crippen LogP contribution is 2.57. The first kappa shape index (κ1) is 15.1. The number of ether oxygens (including phenoxy) is 1. The Bertz CT molecular complexity index is 650.